The first-order chi connectivity index (χ1) is 12.1. The van der Waals surface area contributed by atoms with Gasteiger partial charge in [-0.2, -0.15) is 0 Å². The van der Waals surface area contributed by atoms with Crippen LogP contribution in [0.3, 0.4) is 0 Å². The molecule has 7 heteroatoms. The van der Waals surface area contributed by atoms with Gasteiger partial charge in [-0.3, -0.25) is 4.98 Å². The molecule has 0 fully saturated rings. The van der Waals surface area contributed by atoms with E-state index in [1.807, 2.05) is 0 Å². The van der Waals surface area contributed by atoms with Crippen LogP contribution in [0.15, 0.2) is 70.0 Å². The van der Waals surface area contributed by atoms with Crippen LogP contribution in [0, 0.1) is 0 Å². The van der Waals surface area contributed by atoms with Crippen LogP contribution in [0.25, 0.3) is 6.08 Å². The first-order valence-electron chi connectivity index (χ1n) is 7.24. The highest BCUT2D eigenvalue weighted by atomic mass is 35.5. The van der Waals surface area contributed by atoms with Gasteiger partial charge >= 0.3 is 5.97 Å². The number of ether oxygens (including phenoxy) is 1. The maximum atomic E-state index is 12.1. The summed E-state index contributed by atoms with van der Waals surface area (Å²) in [7, 11) is 1.26. The van der Waals surface area contributed by atoms with E-state index in [1.165, 1.54) is 18.9 Å². The molecule has 3 rings (SSSR count). The van der Waals surface area contributed by atoms with Crippen molar-refractivity contribution in [3.63, 3.8) is 0 Å². The van der Waals surface area contributed by atoms with Crippen LogP contribution in [0.5, 0.6) is 0 Å². The molecular formula is C18H13ClN2O3S. The fraction of sp³-hybridized carbons (Fsp3) is 0.0556. The maximum Gasteiger partial charge on any atom is 0.344 e. The Kier molecular flexibility index (Phi) is 5.21. The number of thioether (sulfide) groups is 1. The molecule has 0 bridgehead atoms. The highest BCUT2D eigenvalue weighted by Gasteiger charge is 2.32. The van der Waals surface area contributed by atoms with Gasteiger partial charge in [0.05, 0.1) is 17.7 Å². The Hall–Kier alpha value is -2.57. The van der Waals surface area contributed by atoms with E-state index in [2.05, 4.69) is 9.98 Å². The zero-order valence-electron chi connectivity index (χ0n) is 13.1. The molecular weight excluding hydrogens is 360 g/mol. The first-order valence-corrected chi connectivity index (χ1v) is 8.44. The SMILES string of the molecule is COC(=O)C1=C(O)/C(=C\c2ccncc2)SC1=Nc1cccc(Cl)c1. The minimum Gasteiger partial charge on any atom is -0.506 e. The number of aromatic nitrogens is 1. The second kappa shape index (κ2) is 7.55. The molecule has 25 heavy (non-hydrogen) atoms. The van der Waals surface area contributed by atoms with Gasteiger partial charge in [0, 0.05) is 17.4 Å². The first kappa shape index (κ1) is 17.3. The molecule has 1 aromatic heterocycles. The lowest BCUT2D eigenvalue weighted by molar-refractivity contribution is -0.135. The number of halogens is 1. The van der Waals surface area contributed by atoms with Gasteiger partial charge in [-0.1, -0.05) is 29.4 Å². The van der Waals surface area contributed by atoms with Crippen molar-refractivity contribution in [3.8, 4) is 0 Å². The molecule has 0 saturated heterocycles. The number of hydrogen-bond acceptors (Lipinski definition) is 6. The zero-order valence-corrected chi connectivity index (χ0v) is 14.7. The van der Waals surface area contributed by atoms with Gasteiger partial charge in [0.15, 0.2) is 0 Å². The normalized spacial score (nSPS) is 17.4. The predicted octanol–water partition coefficient (Wildman–Crippen LogP) is 4.54. The number of benzene rings is 1. The average Bonchev–Trinajstić information content (AvgIpc) is 2.90. The molecule has 0 amide bonds. The van der Waals surface area contributed by atoms with Gasteiger partial charge in [0.1, 0.15) is 16.4 Å². The number of nitrogens with zero attached hydrogens (tertiary/aromatic N) is 2. The van der Waals surface area contributed by atoms with E-state index in [0.717, 1.165) is 5.56 Å². The van der Waals surface area contributed by atoms with Crippen molar-refractivity contribution in [2.45, 2.75) is 0 Å². The molecule has 126 valence electrons. The van der Waals surface area contributed by atoms with Crippen LogP contribution in [0.1, 0.15) is 5.56 Å². The molecule has 1 aromatic carbocycles. The number of pyridine rings is 1. The van der Waals surface area contributed by atoms with Gasteiger partial charge in [-0.15, -0.1) is 0 Å². The third-order valence-corrected chi connectivity index (χ3v) is 4.58. The molecule has 2 heterocycles. The molecule has 0 aliphatic carbocycles. The smallest absolute Gasteiger partial charge is 0.344 e. The van der Waals surface area contributed by atoms with E-state index in [4.69, 9.17) is 16.3 Å². The highest BCUT2D eigenvalue weighted by Crippen LogP contribution is 2.40. The Balaban J connectivity index is 2.05. The van der Waals surface area contributed by atoms with E-state index in [0.29, 0.717) is 20.7 Å². The van der Waals surface area contributed by atoms with Crippen LogP contribution in [-0.4, -0.2) is 28.2 Å². The number of rotatable bonds is 3. The van der Waals surface area contributed by atoms with Gasteiger partial charge in [0.2, 0.25) is 0 Å². The zero-order chi connectivity index (χ0) is 17.8. The molecule has 0 saturated carbocycles. The fourth-order valence-electron chi connectivity index (χ4n) is 2.16. The number of aliphatic imine (C=N–C) groups is 1. The number of aliphatic hydroxyl groups is 1. The van der Waals surface area contributed by atoms with E-state index in [9.17, 15) is 9.90 Å². The molecule has 0 unspecified atom stereocenters. The lowest BCUT2D eigenvalue weighted by Gasteiger charge is -2.02. The van der Waals surface area contributed by atoms with E-state index >= 15 is 0 Å². The largest absolute Gasteiger partial charge is 0.506 e. The summed E-state index contributed by atoms with van der Waals surface area (Å²) < 4.78 is 4.78. The van der Waals surface area contributed by atoms with Crippen molar-refractivity contribution in [1.29, 1.82) is 0 Å². The van der Waals surface area contributed by atoms with Crippen LogP contribution < -0.4 is 0 Å². The van der Waals surface area contributed by atoms with Crippen LogP contribution in [-0.2, 0) is 9.53 Å². The summed E-state index contributed by atoms with van der Waals surface area (Å²) >= 11 is 7.16. The van der Waals surface area contributed by atoms with Crippen molar-refractivity contribution in [3.05, 3.63) is 75.6 Å². The Morgan fingerprint density at radius 1 is 1.32 bits per heavy atom. The number of hydrogen-bond donors (Lipinski definition) is 1. The third kappa shape index (κ3) is 3.92. The minimum atomic E-state index is -0.649. The lowest BCUT2D eigenvalue weighted by Crippen LogP contribution is -2.10. The molecule has 0 atom stereocenters. The summed E-state index contributed by atoms with van der Waals surface area (Å²) in [5, 5.41) is 11.4. The molecule has 0 radical (unpaired) electrons. The molecule has 1 aliphatic heterocycles. The second-order valence-electron chi connectivity index (χ2n) is 5.00. The summed E-state index contributed by atoms with van der Waals surface area (Å²) in [5.74, 6) is -0.807. The number of methoxy groups -OCH3 is 1. The molecule has 2 aromatic rings. The summed E-state index contributed by atoms with van der Waals surface area (Å²) in [6.07, 6.45) is 5.05. The topological polar surface area (TPSA) is 71.8 Å². The van der Waals surface area contributed by atoms with E-state index < -0.39 is 5.97 Å². The van der Waals surface area contributed by atoms with Crippen molar-refractivity contribution in [2.24, 2.45) is 4.99 Å². The maximum absolute atomic E-state index is 12.1. The third-order valence-electron chi connectivity index (χ3n) is 3.32. The second-order valence-corrected chi connectivity index (χ2v) is 6.47. The van der Waals surface area contributed by atoms with Crippen molar-refractivity contribution in [2.75, 3.05) is 7.11 Å². The molecule has 1 N–H and O–H groups in total. The van der Waals surface area contributed by atoms with Crippen molar-refractivity contribution in [1.82, 2.24) is 4.98 Å². The Morgan fingerprint density at radius 2 is 2.08 bits per heavy atom. The molecule has 1 aliphatic rings. The van der Waals surface area contributed by atoms with Gasteiger partial charge in [-0.25, -0.2) is 9.79 Å². The fourth-order valence-corrected chi connectivity index (χ4v) is 3.38. The number of esters is 1. The summed E-state index contributed by atoms with van der Waals surface area (Å²) in [4.78, 5) is 21.0. The quantitative estimate of drug-likeness (QED) is 0.801. The van der Waals surface area contributed by atoms with Crippen LogP contribution in [0.2, 0.25) is 5.02 Å². The Labute approximate surface area is 153 Å². The summed E-state index contributed by atoms with van der Waals surface area (Å²) in [6, 6.07) is 10.5. The summed E-state index contributed by atoms with van der Waals surface area (Å²) in [6.45, 7) is 0. The Bertz CT molecular complexity index is 908. The predicted molar refractivity (Wildman–Crippen MR) is 100 cm³/mol. The van der Waals surface area contributed by atoms with Gasteiger partial charge in [-0.05, 0) is 42.0 Å². The van der Waals surface area contributed by atoms with E-state index in [-0.39, 0.29) is 11.3 Å². The molecule has 5 nitrogen and oxygen atoms in total. The summed E-state index contributed by atoms with van der Waals surface area (Å²) in [5.41, 5.74) is 1.46. The van der Waals surface area contributed by atoms with Crippen LogP contribution >= 0.6 is 23.4 Å². The van der Waals surface area contributed by atoms with Crippen LogP contribution in [0.4, 0.5) is 5.69 Å². The standard InChI is InChI=1S/C18H13ClN2O3S/c1-24-18(23)15-16(22)14(9-11-5-7-20-8-6-11)25-17(15)21-13-4-2-3-12(19)10-13/h2-10,22H,1H3/b14-9+,21-17?. The number of carbonyl (C=O) groups is 1. The average molecular weight is 373 g/mol. The monoisotopic (exact) mass is 372 g/mol. The van der Waals surface area contributed by atoms with E-state index in [1.54, 1.807) is 54.9 Å². The Morgan fingerprint density at radius 3 is 2.76 bits per heavy atom. The number of aliphatic hydroxyl groups excluding tert-OH is 1. The van der Waals surface area contributed by atoms with Crippen molar-refractivity contribution < 1.29 is 14.6 Å². The highest BCUT2D eigenvalue weighted by molar-refractivity contribution is 8.18. The lowest BCUT2D eigenvalue weighted by atomic mass is 10.2. The number of carbonyl (C=O) groups excluding carboxylic acids is 1. The van der Waals surface area contributed by atoms with Crippen molar-refractivity contribution >= 4 is 46.1 Å². The van der Waals surface area contributed by atoms with Gasteiger partial charge < -0.3 is 9.84 Å². The molecule has 0 spiro atoms. The van der Waals surface area contributed by atoms with Gasteiger partial charge in [0.25, 0.3) is 0 Å². The minimum absolute atomic E-state index is 0.0350.